The lowest BCUT2D eigenvalue weighted by Crippen LogP contribution is -2.41. The van der Waals surface area contributed by atoms with Crippen molar-refractivity contribution in [2.45, 2.75) is 43.7 Å². The first-order chi connectivity index (χ1) is 12.8. The highest BCUT2D eigenvalue weighted by atomic mass is 32.2. The minimum atomic E-state index is -0.578. The standard InChI is InChI=1S/C17H24N6O3S/c1-10(2)12-5-7-13(8-6-12)26-9-14-21-22-17(23(14)18)27-11(3)15(24)20-16(25)19-4/h5-8,10-11H,9,18H2,1-4H3,(H2,19,20,24,25)/t11-/m0/s1. The van der Waals surface area contributed by atoms with Crippen LogP contribution < -0.4 is 21.2 Å². The number of ether oxygens (including phenoxy) is 1. The van der Waals surface area contributed by atoms with Gasteiger partial charge in [-0.3, -0.25) is 10.1 Å². The zero-order chi connectivity index (χ0) is 20.0. The molecule has 0 aliphatic carbocycles. The van der Waals surface area contributed by atoms with Crippen molar-refractivity contribution in [3.63, 3.8) is 0 Å². The second kappa shape index (κ2) is 9.26. The Morgan fingerprint density at radius 2 is 1.89 bits per heavy atom. The molecule has 2 rings (SSSR count). The minimum absolute atomic E-state index is 0.143. The normalized spacial score (nSPS) is 11.9. The van der Waals surface area contributed by atoms with Crippen molar-refractivity contribution in [2.24, 2.45) is 0 Å². The Hall–Kier alpha value is -2.75. The third kappa shape index (κ3) is 5.61. The number of hydrogen-bond donors (Lipinski definition) is 3. The van der Waals surface area contributed by atoms with Gasteiger partial charge in [0.15, 0.2) is 5.82 Å². The number of thioether (sulfide) groups is 1. The number of imide groups is 1. The van der Waals surface area contributed by atoms with E-state index in [2.05, 4.69) is 34.7 Å². The number of nitrogens with two attached hydrogens (primary N) is 1. The minimum Gasteiger partial charge on any atom is -0.486 e. The molecule has 0 bridgehead atoms. The molecule has 10 heteroatoms. The van der Waals surface area contributed by atoms with E-state index < -0.39 is 17.2 Å². The van der Waals surface area contributed by atoms with Crippen LogP contribution in [0.3, 0.4) is 0 Å². The molecule has 27 heavy (non-hydrogen) atoms. The highest BCUT2D eigenvalue weighted by Crippen LogP contribution is 2.22. The van der Waals surface area contributed by atoms with E-state index in [1.165, 1.54) is 17.3 Å². The Kier molecular flexibility index (Phi) is 7.05. The molecule has 1 heterocycles. The predicted octanol–water partition coefficient (Wildman–Crippen LogP) is 1.63. The molecule has 0 saturated carbocycles. The number of nitrogens with one attached hydrogen (secondary N) is 2. The topological polar surface area (TPSA) is 124 Å². The van der Waals surface area contributed by atoms with Gasteiger partial charge in [-0.1, -0.05) is 37.7 Å². The van der Waals surface area contributed by atoms with E-state index in [0.29, 0.717) is 22.6 Å². The van der Waals surface area contributed by atoms with E-state index in [9.17, 15) is 9.59 Å². The summed E-state index contributed by atoms with van der Waals surface area (Å²) in [4.78, 5) is 23.1. The molecule has 1 atom stereocenters. The predicted molar refractivity (Wildman–Crippen MR) is 103 cm³/mol. The first-order valence-corrected chi connectivity index (χ1v) is 9.31. The van der Waals surface area contributed by atoms with Crippen molar-refractivity contribution in [1.82, 2.24) is 25.5 Å². The van der Waals surface area contributed by atoms with Crippen LogP contribution >= 0.6 is 11.8 Å². The molecule has 0 aliphatic rings. The first-order valence-electron chi connectivity index (χ1n) is 8.43. The maximum atomic E-state index is 11.9. The van der Waals surface area contributed by atoms with Gasteiger partial charge in [0, 0.05) is 7.05 Å². The number of benzene rings is 1. The molecule has 0 aliphatic heterocycles. The molecule has 146 valence electrons. The number of nitrogens with zero attached hydrogens (tertiary/aromatic N) is 3. The van der Waals surface area contributed by atoms with Gasteiger partial charge >= 0.3 is 6.03 Å². The Morgan fingerprint density at radius 3 is 2.48 bits per heavy atom. The largest absolute Gasteiger partial charge is 0.486 e. The molecule has 3 amide bonds. The van der Waals surface area contributed by atoms with Crippen molar-refractivity contribution >= 4 is 23.7 Å². The lowest BCUT2D eigenvalue weighted by atomic mass is 10.0. The van der Waals surface area contributed by atoms with Gasteiger partial charge < -0.3 is 15.9 Å². The fourth-order valence-corrected chi connectivity index (χ4v) is 2.86. The SMILES string of the molecule is CNC(=O)NC(=O)[C@H](C)Sc1nnc(COc2ccc(C(C)C)cc2)n1N. The second-order valence-corrected chi connectivity index (χ2v) is 7.42. The van der Waals surface area contributed by atoms with E-state index in [-0.39, 0.29) is 6.61 Å². The molecule has 4 N–H and O–H groups in total. The van der Waals surface area contributed by atoms with E-state index in [1.54, 1.807) is 6.92 Å². The van der Waals surface area contributed by atoms with E-state index in [0.717, 1.165) is 11.8 Å². The summed E-state index contributed by atoms with van der Waals surface area (Å²) < 4.78 is 6.97. The Balaban J connectivity index is 1.94. The molecule has 0 spiro atoms. The average molecular weight is 392 g/mol. The number of amides is 3. The molecular formula is C17H24N6O3S. The molecule has 9 nitrogen and oxygen atoms in total. The lowest BCUT2D eigenvalue weighted by Gasteiger charge is -2.11. The summed E-state index contributed by atoms with van der Waals surface area (Å²) in [6.45, 7) is 6.04. The molecule has 0 radical (unpaired) electrons. The van der Waals surface area contributed by atoms with Gasteiger partial charge in [0.05, 0.1) is 5.25 Å². The van der Waals surface area contributed by atoms with Crippen LogP contribution in [0.4, 0.5) is 4.79 Å². The van der Waals surface area contributed by atoms with Crippen LogP contribution in [-0.2, 0) is 11.4 Å². The molecule has 1 aromatic carbocycles. The number of hydrogen-bond acceptors (Lipinski definition) is 7. The third-order valence-electron chi connectivity index (χ3n) is 3.77. The van der Waals surface area contributed by atoms with Crippen molar-refractivity contribution in [2.75, 3.05) is 12.9 Å². The van der Waals surface area contributed by atoms with Gasteiger partial charge in [0.25, 0.3) is 0 Å². The number of rotatable bonds is 7. The van der Waals surface area contributed by atoms with Crippen LogP contribution in [0.15, 0.2) is 29.4 Å². The summed E-state index contributed by atoms with van der Waals surface area (Å²) in [5.74, 6) is 7.11. The molecule has 0 fully saturated rings. The van der Waals surface area contributed by atoms with Gasteiger partial charge in [-0.05, 0) is 30.5 Å². The maximum absolute atomic E-state index is 11.9. The van der Waals surface area contributed by atoms with Gasteiger partial charge in [-0.15, -0.1) is 10.2 Å². The summed E-state index contributed by atoms with van der Waals surface area (Å²) in [6, 6.07) is 7.25. The van der Waals surface area contributed by atoms with Crippen LogP contribution in [0, 0.1) is 0 Å². The zero-order valence-electron chi connectivity index (χ0n) is 15.7. The number of aromatic nitrogens is 3. The van der Waals surface area contributed by atoms with Crippen molar-refractivity contribution in [3.05, 3.63) is 35.7 Å². The van der Waals surface area contributed by atoms with Crippen molar-refractivity contribution in [3.8, 4) is 5.75 Å². The second-order valence-electron chi connectivity index (χ2n) is 6.11. The zero-order valence-corrected chi connectivity index (χ0v) is 16.5. The lowest BCUT2D eigenvalue weighted by molar-refractivity contribution is -0.119. The highest BCUT2D eigenvalue weighted by Gasteiger charge is 2.20. The molecule has 0 unspecified atom stereocenters. The summed E-state index contributed by atoms with van der Waals surface area (Å²) in [7, 11) is 1.43. The number of carbonyl (C=O) groups is 2. The first kappa shape index (κ1) is 20.6. The summed E-state index contributed by atoms with van der Waals surface area (Å²) in [6.07, 6.45) is 0. The number of carbonyl (C=O) groups excluding carboxylic acids is 2. The van der Waals surface area contributed by atoms with E-state index in [1.807, 2.05) is 24.3 Å². The van der Waals surface area contributed by atoms with Crippen LogP contribution in [-0.4, -0.2) is 39.1 Å². The monoisotopic (exact) mass is 392 g/mol. The Labute approximate surface area is 162 Å². The van der Waals surface area contributed by atoms with Gasteiger partial charge in [-0.25, -0.2) is 9.47 Å². The summed E-state index contributed by atoms with van der Waals surface area (Å²) in [5, 5.41) is 12.3. The third-order valence-corrected chi connectivity index (χ3v) is 4.82. The Bertz CT molecular complexity index is 790. The van der Waals surface area contributed by atoms with Crippen LogP contribution in [0.2, 0.25) is 0 Å². The van der Waals surface area contributed by atoms with E-state index >= 15 is 0 Å². The van der Waals surface area contributed by atoms with E-state index in [4.69, 9.17) is 10.6 Å². The highest BCUT2D eigenvalue weighted by molar-refractivity contribution is 8.00. The Morgan fingerprint density at radius 1 is 1.22 bits per heavy atom. The molecule has 1 aromatic heterocycles. The summed E-state index contributed by atoms with van der Waals surface area (Å²) in [5.41, 5.74) is 1.23. The summed E-state index contributed by atoms with van der Waals surface area (Å²) >= 11 is 1.10. The van der Waals surface area contributed by atoms with Crippen molar-refractivity contribution < 1.29 is 14.3 Å². The van der Waals surface area contributed by atoms with Gasteiger partial charge in [0.1, 0.15) is 12.4 Å². The fourth-order valence-electron chi connectivity index (χ4n) is 2.07. The van der Waals surface area contributed by atoms with Crippen LogP contribution in [0.5, 0.6) is 5.75 Å². The van der Waals surface area contributed by atoms with Crippen molar-refractivity contribution in [1.29, 1.82) is 0 Å². The van der Waals surface area contributed by atoms with Crippen LogP contribution in [0.1, 0.15) is 38.1 Å². The quantitative estimate of drug-likeness (QED) is 0.483. The molecular weight excluding hydrogens is 368 g/mol. The van der Waals surface area contributed by atoms with Crippen LogP contribution in [0.25, 0.3) is 0 Å². The molecule has 0 saturated heterocycles. The van der Waals surface area contributed by atoms with Gasteiger partial charge in [0.2, 0.25) is 11.1 Å². The smallest absolute Gasteiger partial charge is 0.321 e. The average Bonchev–Trinajstić information content (AvgIpc) is 2.99. The number of urea groups is 1. The number of nitrogen functional groups attached to an aromatic ring is 1. The maximum Gasteiger partial charge on any atom is 0.321 e. The fraction of sp³-hybridized carbons (Fsp3) is 0.412. The molecule has 2 aromatic rings. The van der Waals surface area contributed by atoms with Gasteiger partial charge in [-0.2, -0.15) is 0 Å².